The second kappa shape index (κ2) is 8.49. The first-order valence-electron chi connectivity index (χ1n) is 8.46. The second-order valence-corrected chi connectivity index (χ2v) is 7.17. The Labute approximate surface area is 148 Å². The monoisotopic (exact) mass is 351 g/mol. The number of benzene rings is 1. The van der Waals surface area contributed by atoms with Crippen molar-refractivity contribution < 1.29 is 9.59 Å². The van der Waals surface area contributed by atoms with Gasteiger partial charge < -0.3 is 16.0 Å². The van der Waals surface area contributed by atoms with Gasteiger partial charge in [-0.1, -0.05) is 44.5 Å². The Morgan fingerprint density at radius 3 is 2.62 bits per heavy atom. The Hall–Kier alpha value is -1.59. The second-order valence-electron chi connectivity index (χ2n) is 6.76. The van der Waals surface area contributed by atoms with Crippen molar-refractivity contribution in [2.24, 2.45) is 11.8 Å². The van der Waals surface area contributed by atoms with Crippen LogP contribution in [0.25, 0.3) is 0 Å². The lowest BCUT2D eigenvalue weighted by atomic mass is 9.94. The Morgan fingerprint density at radius 2 is 2.00 bits per heavy atom. The lowest BCUT2D eigenvalue weighted by Gasteiger charge is -2.32. The summed E-state index contributed by atoms with van der Waals surface area (Å²) in [5, 5.41) is 9.62. The number of hydrogen-bond acceptors (Lipinski definition) is 3. The van der Waals surface area contributed by atoms with E-state index in [1.165, 1.54) is 0 Å². The lowest BCUT2D eigenvalue weighted by molar-refractivity contribution is -0.125. The molecule has 3 unspecified atom stereocenters. The first kappa shape index (κ1) is 18.7. The van der Waals surface area contributed by atoms with Crippen molar-refractivity contribution in [3.05, 3.63) is 34.9 Å². The minimum absolute atomic E-state index is 0.0199. The molecule has 3 N–H and O–H groups in total. The lowest BCUT2D eigenvalue weighted by Crippen LogP contribution is -2.55. The van der Waals surface area contributed by atoms with Crippen molar-refractivity contribution in [2.45, 2.75) is 39.3 Å². The topological polar surface area (TPSA) is 70.2 Å². The Morgan fingerprint density at radius 1 is 1.29 bits per heavy atom. The van der Waals surface area contributed by atoms with Crippen LogP contribution in [0.15, 0.2) is 24.3 Å². The maximum absolute atomic E-state index is 12.7. The van der Waals surface area contributed by atoms with Crippen molar-refractivity contribution in [3.8, 4) is 0 Å². The maximum atomic E-state index is 12.7. The van der Waals surface area contributed by atoms with Gasteiger partial charge in [0.1, 0.15) is 6.04 Å². The molecule has 0 saturated carbocycles. The highest BCUT2D eigenvalue weighted by Gasteiger charge is 2.29. The van der Waals surface area contributed by atoms with E-state index in [9.17, 15) is 9.59 Å². The van der Waals surface area contributed by atoms with Crippen LogP contribution in [0.5, 0.6) is 0 Å². The summed E-state index contributed by atoms with van der Waals surface area (Å²) in [6, 6.07) is 6.39. The van der Waals surface area contributed by atoms with Crippen LogP contribution in [0.3, 0.4) is 0 Å². The normalized spacial score (nSPS) is 22.0. The van der Waals surface area contributed by atoms with Gasteiger partial charge in [0.05, 0.1) is 10.6 Å². The molecule has 0 radical (unpaired) electrons. The molecule has 3 atom stereocenters. The summed E-state index contributed by atoms with van der Waals surface area (Å²) < 4.78 is 0. The fourth-order valence-electron chi connectivity index (χ4n) is 2.90. The molecule has 6 heteroatoms. The molecule has 5 nitrogen and oxygen atoms in total. The van der Waals surface area contributed by atoms with Crippen LogP contribution >= 0.6 is 11.6 Å². The summed E-state index contributed by atoms with van der Waals surface area (Å²) in [4.78, 5) is 25.1. The zero-order valence-electron chi connectivity index (χ0n) is 14.4. The molecule has 0 aromatic heterocycles. The van der Waals surface area contributed by atoms with E-state index in [1.54, 1.807) is 24.3 Å². The highest BCUT2D eigenvalue weighted by Crippen LogP contribution is 2.16. The number of carbonyl (C=O) groups is 2. The van der Waals surface area contributed by atoms with Gasteiger partial charge >= 0.3 is 0 Å². The summed E-state index contributed by atoms with van der Waals surface area (Å²) in [7, 11) is 0. The van der Waals surface area contributed by atoms with E-state index in [2.05, 4.69) is 22.9 Å². The minimum atomic E-state index is -0.587. The summed E-state index contributed by atoms with van der Waals surface area (Å²) in [5.74, 6) is -0.111. The van der Waals surface area contributed by atoms with Crippen molar-refractivity contribution in [1.82, 2.24) is 16.0 Å². The van der Waals surface area contributed by atoms with Gasteiger partial charge in [0, 0.05) is 6.04 Å². The fraction of sp³-hybridized carbons (Fsp3) is 0.556. The average molecular weight is 352 g/mol. The molecule has 2 rings (SSSR count). The highest BCUT2D eigenvalue weighted by molar-refractivity contribution is 6.33. The Balaban J connectivity index is 2.04. The standard InChI is InChI=1S/C18H26ClN3O2/c1-11(2)16(18(24)21-15-8-9-20-10-12(15)3)22-17(23)13-6-4-5-7-14(13)19/h4-7,11-12,15-16,20H,8-10H2,1-3H3,(H,21,24)(H,22,23). The number of rotatable bonds is 5. The van der Waals surface area contributed by atoms with Crippen molar-refractivity contribution in [1.29, 1.82) is 0 Å². The molecule has 1 aromatic rings. The van der Waals surface area contributed by atoms with Crippen LogP contribution in [0.2, 0.25) is 5.02 Å². The third-order valence-electron chi connectivity index (χ3n) is 4.47. The van der Waals surface area contributed by atoms with Gasteiger partial charge in [0.2, 0.25) is 5.91 Å². The summed E-state index contributed by atoms with van der Waals surface area (Å²) in [5.41, 5.74) is 0.382. The van der Waals surface area contributed by atoms with E-state index < -0.39 is 6.04 Å². The summed E-state index contributed by atoms with van der Waals surface area (Å²) in [6.07, 6.45) is 0.899. The Kier molecular flexibility index (Phi) is 6.63. The van der Waals surface area contributed by atoms with E-state index in [0.29, 0.717) is 16.5 Å². The molecule has 2 amide bonds. The molecule has 1 aromatic carbocycles. The van der Waals surface area contributed by atoms with Crippen LogP contribution in [0.4, 0.5) is 0 Å². The van der Waals surface area contributed by atoms with E-state index in [4.69, 9.17) is 11.6 Å². The van der Waals surface area contributed by atoms with E-state index in [0.717, 1.165) is 19.5 Å². The summed E-state index contributed by atoms with van der Waals surface area (Å²) in [6.45, 7) is 7.74. The van der Waals surface area contributed by atoms with Crippen LogP contribution < -0.4 is 16.0 Å². The van der Waals surface area contributed by atoms with Gasteiger partial charge in [0.25, 0.3) is 5.91 Å². The number of piperidine rings is 1. The summed E-state index contributed by atoms with van der Waals surface area (Å²) >= 11 is 6.07. The minimum Gasteiger partial charge on any atom is -0.351 e. The van der Waals surface area contributed by atoms with Crippen LogP contribution in [0, 0.1) is 11.8 Å². The average Bonchev–Trinajstić information content (AvgIpc) is 2.54. The van der Waals surface area contributed by atoms with Crippen LogP contribution in [-0.2, 0) is 4.79 Å². The zero-order valence-corrected chi connectivity index (χ0v) is 15.2. The van der Waals surface area contributed by atoms with E-state index in [1.807, 2.05) is 13.8 Å². The van der Waals surface area contributed by atoms with Crippen molar-refractivity contribution >= 4 is 23.4 Å². The fourth-order valence-corrected chi connectivity index (χ4v) is 3.12. The molecule has 1 aliphatic rings. The third kappa shape index (κ3) is 4.71. The van der Waals surface area contributed by atoms with Crippen LogP contribution in [0.1, 0.15) is 37.6 Å². The number of nitrogens with one attached hydrogen (secondary N) is 3. The molecule has 1 fully saturated rings. The molecule has 132 valence electrons. The smallest absolute Gasteiger partial charge is 0.253 e. The first-order valence-corrected chi connectivity index (χ1v) is 8.84. The highest BCUT2D eigenvalue weighted by atomic mass is 35.5. The molecule has 0 spiro atoms. The van der Waals surface area contributed by atoms with Gasteiger partial charge in [-0.25, -0.2) is 0 Å². The molecular weight excluding hydrogens is 326 g/mol. The first-order chi connectivity index (χ1) is 11.4. The molecule has 1 saturated heterocycles. The predicted molar refractivity (Wildman–Crippen MR) is 96.1 cm³/mol. The number of halogens is 1. The Bertz CT molecular complexity index is 591. The SMILES string of the molecule is CC(C)C(NC(=O)c1ccccc1Cl)C(=O)NC1CCNCC1C. The van der Waals surface area contributed by atoms with Gasteiger partial charge in [-0.05, 0) is 43.5 Å². The molecule has 0 aliphatic carbocycles. The van der Waals surface area contributed by atoms with E-state index >= 15 is 0 Å². The van der Waals surface area contributed by atoms with Crippen molar-refractivity contribution in [2.75, 3.05) is 13.1 Å². The zero-order chi connectivity index (χ0) is 17.7. The largest absolute Gasteiger partial charge is 0.351 e. The predicted octanol–water partition coefficient (Wildman–Crippen LogP) is 2.21. The van der Waals surface area contributed by atoms with Gasteiger partial charge in [0.15, 0.2) is 0 Å². The van der Waals surface area contributed by atoms with E-state index in [-0.39, 0.29) is 23.8 Å². The third-order valence-corrected chi connectivity index (χ3v) is 4.80. The molecule has 0 bridgehead atoms. The molecule has 1 aliphatic heterocycles. The van der Waals surface area contributed by atoms with Crippen molar-refractivity contribution in [3.63, 3.8) is 0 Å². The molecule has 1 heterocycles. The molecule has 24 heavy (non-hydrogen) atoms. The van der Waals surface area contributed by atoms with Gasteiger partial charge in [-0.15, -0.1) is 0 Å². The quantitative estimate of drug-likeness (QED) is 0.761. The van der Waals surface area contributed by atoms with Gasteiger partial charge in [-0.3, -0.25) is 9.59 Å². The van der Waals surface area contributed by atoms with Crippen LogP contribution in [-0.4, -0.2) is 37.0 Å². The maximum Gasteiger partial charge on any atom is 0.253 e. The number of carbonyl (C=O) groups excluding carboxylic acids is 2. The number of amides is 2. The number of hydrogen-bond donors (Lipinski definition) is 3. The molecular formula is C18H26ClN3O2. The van der Waals surface area contributed by atoms with Gasteiger partial charge in [-0.2, -0.15) is 0 Å².